The van der Waals surface area contributed by atoms with E-state index in [0.717, 1.165) is 30.6 Å². The molecule has 82 valence electrons. The minimum atomic E-state index is 0.489. The third-order valence-electron chi connectivity index (χ3n) is 2.13. The molecular weight excluding hydrogens is 188 g/mol. The quantitative estimate of drug-likeness (QED) is 0.714. The van der Waals surface area contributed by atoms with Crippen LogP contribution in [-0.2, 0) is 11.2 Å². The van der Waals surface area contributed by atoms with E-state index in [9.17, 15) is 4.79 Å². The summed E-state index contributed by atoms with van der Waals surface area (Å²) < 4.78 is 0. The molecule has 0 saturated heterocycles. The Balaban J connectivity index is 2.46. The molecule has 0 amide bonds. The molecular formula is C12H18N2O. The van der Waals surface area contributed by atoms with E-state index in [2.05, 4.69) is 10.2 Å². The lowest BCUT2D eigenvalue weighted by atomic mass is 10.1. The van der Waals surface area contributed by atoms with Crippen molar-refractivity contribution in [1.82, 2.24) is 4.90 Å². The summed E-state index contributed by atoms with van der Waals surface area (Å²) in [6, 6.07) is 7.97. The van der Waals surface area contributed by atoms with Crippen LogP contribution in [0.5, 0.6) is 0 Å². The van der Waals surface area contributed by atoms with Gasteiger partial charge in [0, 0.05) is 25.2 Å². The van der Waals surface area contributed by atoms with Gasteiger partial charge in [0.15, 0.2) is 0 Å². The van der Waals surface area contributed by atoms with Crippen LogP contribution in [-0.4, -0.2) is 38.4 Å². The van der Waals surface area contributed by atoms with Gasteiger partial charge in [-0.05, 0) is 31.8 Å². The highest BCUT2D eigenvalue weighted by atomic mass is 16.1. The Labute approximate surface area is 91.1 Å². The molecule has 1 aromatic rings. The summed E-state index contributed by atoms with van der Waals surface area (Å²) in [4.78, 5) is 12.5. The molecule has 0 fully saturated rings. The van der Waals surface area contributed by atoms with Crippen LogP contribution in [0.1, 0.15) is 5.56 Å². The van der Waals surface area contributed by atoms with E-state index >= 15 is 0 Å². The fourth-order valence-corrected chi connectivity index (χ4v) is 1.33. The average molecular weight is 206 g/mol. The number of rotatable bonds is 6. The van der Waals surface area contributed by atoms with Crippen molar-refractivity contribution in [2.24, 2.45) is 0 Å². The van der Waals surface area contributed by atoms with Crippen LogP contribution in [0, 0.1) is 0 Å². The van der Waals surface area contributed by atoms with Crippen molar-refractivity contribution in [2.75, 3.05) is 32.5 Å². The molecule has 3 heteroatoms. The summed E-state index contributed by atoms with van der Waals surface area (Å²) in [6.07, 6.45) is 1.42. The molecule has 15 heavy (non-hydrogen) atoms. The Hall–Kier alpha value is -1.35. The zero-order chi connectivity index (χ0) is 11.1. The third-order valence-corrected chi connectivity index (χ3v) is 2.13. The van der Waals surface area contributed by atoms with Crippen molar-refractivity contribution in [3.8, 4) is 0 Å². The van der Waals surface area contributed by atoms with Gasteiger partial charge in [0.1, 0.15) is 6.29 Å². The van der Waals surface area contributed by atoms with Crippen molar-refractivity contribution >= 4 is 12.0 Å². The van der Waals surface area contributed by atoms with Gasteiger partial charge in [-0.25, -0.2) is 0 Å². The average Bonchev–Trinajstić information content (AvgIpc) is 2.18. The maximum Gasteiger partial charge on any atom is 0.124 e. The van der Waals surface area contributed by atoms with Crippen LogP contribution in [0.2, 0.25) is 0 Å². The molecule has 3 nitrogen and oxygen atoms in total. The minimum Gasteiger partial charge on any atom is -0.384 e. The lowest BCUT2D eigenvalue weighted by molar-refractivity contribution is -0.107. The number of benzene rings is 1. The molecule has 0 bridgehead atoms. The first-order chi connectivity index (χ1) is 7.22. The second kappa shape index (κ2) is 6.19. The Morgan fingerprint density at radius 2 is 2.20 bits per heavy atom. The van der Waals surface area contributed by atoms with Crippen molar-refractivity contribution in [2.45, 2.75) is 6.42 Å². The fraction of sp³-hybridized carbons (Fsp3) is 0.417. The topological polar surface area (TPSA) is 32.3 Å². The number of anilines is 1. The number of likely N-dealkylation sites (N-methyl/N-ethyl adjacent to an activating group) is 1. The summed E-state index contributed by atoms with van der Waals surface area (Å²) in [5.41, 5.74) is 2.14. The van der Waals surface area contributed by atoms with Crippen LogP contribution < -0.4 is 5.32 Å². The van der Waals surface area contributed by atoms with Crippen molar-refractivity contribution in [1.29, 1.82) is 0 Å². The van der Waals surface area contributed by atoms with Crippen molar-refractivity contribution in [3.05, 3.63) is 29.8 Å². The number of hydrogen-bond donors (Lipinski definition) is 1. The van der Waals surface area contributed by atoms with Gasteiger partial charge in [-0.2, -0.15) is 0 Å². The van der Waals surface area contributed by atoms with Gasteiger partial charge in [0.25, 0.3) is 0 Å². The molecule has 1 aromatic carbocycles. The fourth-order valence-electron chi connectivity index (χ4n) is 1.33. The number of nitrogens with zero attached hydrogens (tertiary/aromatic N) is 1. The summed E-state index contributed by atoms with van der Waals surface area (Å²) in [5.74, 6) is 0. The monoisotopic (exact) mass is 206 g/mol. The first kappa shape index (κ1) is 11.7. The Morgan fingerprint density at radius 3 is 2.87 bits per heavy atom. The number of carbonyl (C=O) groups is 1. The van der Waals surface area contributed by atoms with Crippen molar-refractivity contribution < 1.29 is 4.79 Å². The summed E-state index contributed by atoms with van der Waals surface area (Å²) in [6.45, 7) is 1.91. The highest BCUT2D eigenvalue weighted by molar-refractivity contribution is 5.57. The largest absolute Gasteiger partial charge is 0.384 e. The minimum absolute atomic E-state index is 0.489. The normalized spacial score (nSPS) is 10.3. The summed E-state index contributed by atoms with van der Waals surface area (Å²) in [5, 5.41) is 3.32. The smallest absolute Gasteiger partial charge is 0.124 e. The molecule has 0 aromatic heterocycles. The van der Waals surface area contributed by atoms with E-state index < -0.39 is 0 Å². The maximum absolute atomic E-state index is 10.4. The predicted octanol–water partition coefficient (Wildman–Crippen LogP) is 1.40. The number of aldehydes is 1. The molecule has 0 radical (unpaired) electrons. The maximum atomic E-state index is 10.4. The van der Waals surface area contributed by atoms with Crippen LogP contribution in [0.4, 0.5) is 5.69 Å². The first-order valence-corrected chi connectivity index (χ1v) is 5.13. The molecule has 1 N–H and O–H groups in total. The molecule has 0 aliphatic carbocycles. The van der Waals surface area contributed by atoms with Crippen LogP contribution in [0.15, 0.2) is 24.3 Å². The Morgan fingerprint density at radius 1 is 1.40 bits per heavy atom. The number of carbonyl (C=O) groups excluding carboxylic acids is 1. The van der Waals surface area contributed by atoms with E-state index in [4.69, 9.17) is 0 Å². The van der Waals surface area contributed by atoms with Crippen molar-refractivity contribution in [3.63, 3.8) is 0 Å². The molecule has 0 spiro atoms. The van der Waals surface area contributed by atoms with E-state index in [1.807, 2.05) is 38.4 Å². The van der Waals surface area contributed by atoms with Gasteiger partial charge in [0.2, 0.25) is 0 Å². The first-order valence-electron chi connectivity index (χ1n) is 5.13. The van der Waals surface area contributed by atoms with Gasteiger partial charge >= 0.3 is 0 Å². The molecule has 0 unspecified atom stereocenters. The number of nitrogens with one attached hydrogen (secondary N) is 1. The van der Waals surface area contributed by atoms with Crippen LogP contribution >= 0.6 is 0 Å². The van der Waals surface area contributed by atoms with E-state index in [1.165, 1.54) is 0 Å². The second-order valence-corrected chi connectivity index (χ2v) is 3.80. The summed E-state index contributed by atoms with van der Waals surface area (Å²) in [7, 11) is 4.09. The van der Waals surface area contributed by atoms with E-state index in [-0.39, 0.29) is 0 Å². The predicted molar refractivity (Wildman–Crippen MR) is 63.3 cm³/mol. The van der Waals surface area contributed by atoms with Gasteiger partial charge in [-0.1, -0.05) is 12.1 Å². The third kappa shape index (κ3) is 4.61. The molecule has 0 aliphatic heterocycles. The lowest BCUT2D eigenvalue weighted by Crippen LogP contribution is -2.20. The molecule has 0 atom stereocenters. The van der Waals surface area contributed by atoms with Crippen LogP contribution in [0.25, 0.3) is 0 Å². The highest BCUT2D eigenvalue weighted by Crippen LogP contribution is 2.10. The highest BCUT2D eigenvalue weighted by Gasteiger charge is 1.95. The molecule has 0 heterocycles. The Kier molecular flexibility index (Phi) is 4.84. The van der Waals surface area contributed by atoms with Gasteiger partial charge in [-0.3, -0.25) is 0 Å². The number of hydrogen-bond acceptors (Lipinski definition) is 3. The van der Waals surface area contributed by atoms with E-state index in [1.54, 1.807) is 0 Å². The zero-order valence-corrected chi connectivity index (χ0v) is 9.36. The van der Waals surface area contributed by atoms with Gasteiger partial charge in [-0.15, -0.1) is 0 Å². The Bertz CT molecular complexity index is 310. The second-order valence-electron chi connectivity index (χ2n) is 3.80. The molecule has 0 aliphatic rings. The van der Waals surface area contributed by atoms with Gasteiger partial charge < -0.3 is 15.0 Å². The SMILES string of the molecule is CN(C)CCNc1cccc(CC=O)c1. The lowest BCUT2D eigenvalue weighted by Gasteiger charge is -2.11. The molecule has 0 saturated carbocycles. The summed E-state index contributed by atoms with van der Waals surface area (Å²) >= 11 is 0. The van der Waals surface area contributed by atoms with Gasteiger partial charge in [0.05, 0.1) is 0 Å². The van der Waals surface area contributed by atoms with Crippen LogP contribution in [0.3, 0.4) is 0 Å². The molecule has 1 rings (SSSR count). The van der Waals surface area contributed by atoms with E-state index in [0.29, 0.717) is 6.42 Å². The zero-order valence-electron chi connectivity index (χ0n) is 9.36. The standard InChI is InChI=1S/C12H18N2O/c1-14(2)8-7-13-12-5-3-4-11(10-12)6-9-15/h3-5,9-10,13H,6-8H2,1-2H3.